The maximum absolute atomic E-state index is 12.2. The van der Waals surface area contributed by atoms with E-state index in [4.69, 9.17) is 4.74 Å². The summed E-state index contributed by atoms with van der Waals surface area (Å²) >= 11 is 1.31. The van der Waals surface area contributed by atoms with Crippen LogP contribution in [0.1, 0.15) is 17.3 Å². The molecule has 0 bridgehead atoms. The van der Waals surface area contributed by atoms with Crippen molar-refractivity contribution >= 4 is 34.0 Å². The van der Waals surface area contributed by atoms with Crippen LogP contribution in [0, 0.1) is 0 Å². The molecule has 6 nitrogen and oxygen atoms in total. The number of carbonyl (C=O) groups is 2. The summed E-state index contributed by atoms with van der Waals surface area (Å²) in [6, 6.07) is 13.4. The largest absolute Gasteiger partial charge is 0.495 e. The third-order valence-electron chi connectivity index (χ3n) is 3.66. The van der Waals surface area contributed by atoms with Gasteiger partial charge in [0.15, 0.2) is 5.13 Å². The van der Waals surface area contributed by atoms with Crippen molar-refractivity contribution in [1.82, 2.24) is 4.98 Å². The van der Waals surface area contributed by atoms with Crippen LogP contribution < -0.4 is 15.4 Å². The molecule has 2 N–H and O–H groups in total. The Morgan fingerprint density at radius 2 is 1.73 bits per heavy atom. The number of benzene rings is 2. The average Bonchev–Trinajstić information content (AvgIpc) is 3.11. The van der Waals surface area contributed by atoms with E-state index in [1.165, 1.54) is 36.5 Å². The summed E-state index contributed by atoms with van der Waals surface area (Å²) in [6.07, 6.45) is 1.60. The quantitative estimate of drug-likeness (QED) is 0.571. The molecule has 132 valence electrons. The molecule has 0 saturated heterocycles. The van der Waals surface area contributed by atoms with E-state index in [2.05, 4.69) is 39.9 Å². The summed E-state index contributed by atoms with van der Waals surface area (Å²) in [5, 5.41) is 7.53. The van der Waals surface area contributed by atoms with Crippen molar-refractivity contribution < 1.29 is 14.3 Å². The number of hydrogen-bond acceptors (Lipinski definition) is 5. The fraction of sp³-hybridized carbons (Fsp3) is 0.105. The van der Waals surface area contributed by atoms with Crippen LogP contribution in [-0.4, -0.2) is 23.9 Å². The number of methoxy groups -OCH3 is 1. The number of rotatable bonds is 4. The highest BCUT2D eigenvalue weighted by atomic mass is 32.1. The first-order valence-electron chi connectivity index (χ1n) is 7.84. The molecule has 7 heteroatoms. The summed E-state index contributed by atoms with van der Waals surface area (Å²) in [5.74, 6) is -0.215. The van der Waals surface area contributed by atoms with E-state index in [-0.39, 0.29) is 11.8 Å². The van der Waals surface area contributed by atoms with E-state index in [9.17, 15) is 9.59 Å². The van der Waals surface area contributed by atoms with Crippen LogP contribution >= 0.6 is 11.3 Å². The first-order chi connectivity index (χ1) is 12.6. The fourth-order valence-electron chi connectivity index (χ4n) is 2.31. The Bertz CT molecular complexity index is 901. The number of thiazole rings is 1. The zero-order valence-corrected chi connectivity index (χ0v) is 15.1. The van der Waals surface area contributed by atoms with Crippen molar-refractivity contribution in [2.24, 2.45) is 0 Å². The van der Waals surface area contributed by atoms with Crippen LogP contribution in [-0.2, 0) is 4.79 Å². The average molecular weight is 367 g/mol. The highest BCUT2D eigenvalue weighted by molar-refractivity contribution is 7.13. The Morgan fingerprint density at radius 3 is 2.19 bits per heavy atom. The molecule has 2 aliphatic rings. The second-order valence-electron chi connectivity index (χ2n) is 5.43. The normalized spacial score (nSPS) is 10.2. The number of nitrogens with zero attached hydrogens (tertiary/aromatic N) is 1. The highest BCUT2D eigenvalue weighted by Crippen LogP contribution is 2.30. The van der Waals surface area contributed by atoms with Gasteiger partial charge in [-0.3, -0.25) is 14.9 Å². The molecule has 0 aliphatic heterocycles. The number of aromatic nitrogens is 1. The second-order valence-corrected chi connectivity index (χ2v) is 6.33. The molecule has 2 aromatic rings. The molecule has 0 fully saturated rings. The number of carbonyl (C=O) groups excluding carboxylic acids is 2. The predicted molar refractivity (Wildman–Crippen MR) is 103 cm³/mol. The third kappa shape index (κ3) is 3.89. The summed E-state index contributed by atoms with van der Waals surface area (Å²) in [5.41, 5.74) is 3.51. The van der Waals surface area contributed by atoms with Crippen molar-refractivity contribution in [2.45, 2.75) is 6.92 Å². The van der Waals surface area contributed by atoms with Crippen LogP contribution in [0.2, 0.25) is 0 Å². The third-order valence-corrected chi connectivity index (χ3v) is 4.35. The van der Waals surface area contributed by atoms with E-state index in [1.807, 2.05) is 0 Å². The van der Waals surface area contributed by atoms with Gasteiger partial charge in [0.1, 0.15) is 5.75 Å². The van der Waals surface area contributed by atoms with Crippen molar-refractivity contribution in [3.8, 4) is 16.9 Å². The molecule has 4 rings (SSSR count). The molecule has 0 unspecified atom stereocenters. The fourth-order valence-corrected chi connectivity index (χ4v) is 2.83. The summed E-state index contributed by atoms with van der Waals surface area (Å²) in [4.78, 5) is 27.5. The lowest BCUT2D eigenvalue weighted by molar-refractivity contribution is -0.114. The minimum absolute atomic E-state index is 0.280. The van der Waals surface area contributed by atoms with E-state index >= 15 is 0 Å². The van der Waals surface area contributed by atoms with Gasteiger partial charge in [0.05, 0.1) is 18.4 Å². The van der Waals surface area contributed by atoms with Crippen molar-refractivity contribution in [3.63, 3.8) is 0 Å². The number of para-hydroxylation sites is 1. The van der Waals surface area contributed by atoms with Gasteiger partial charge in [-0.1, -0.05) is 30.3 Å². The summed E-state index contributed by atoms with van der Waals surface area (Å²) < 4.78 is 5.16. The highest BCUT2D eigenvalue weighted by Gasteiger charge is 2.17. The molecule has 1 heterocycles. The van der Waals surface area contributed by atoms with Crippen LogP contribution in [0.25, 0.3) is 11.1 Å². The lowest BCUT2D eigenvalue weighted by atomic mass is 9.95. The maximum Gasteiger partial charge on any atom is 0.259 e. The van der Waals surface area contributed by atoms with E-state index in [0.717, 1.165) is 0 Å². The molecule has 0 atom stereocenters. The van der Waals surface area contributed by atoms with Gasteiger partial charge >= 0.3 is 0 Å². The lowest BCUT2D eigenvalue weighted by Gasteiger charge is -2.13. The van der Waals surface area contributed by atoms with Crippen molar-refractivity contribution in [3.05, 3.63) is 59.6 Å². The topological polar surface area (TPSA) is 80.3 Å². The molecule has 2 aliphatic carbocycles. The Hall–Kier alpha value is -3.19. The van der Waals surface area contributed by atoms with Gasteiger partial charge < -0.3 is 10.1 Å². The number of hydrogen-bond donors (Lipinski definition) is 2. The Balaban J connectivity index is 0.000000269. The summed E-state index contributed by atoms with van der Waals surface area (Å²) in [6.45, 7) is 1.37. The predicted octanol–water partition coefficient (Wildman–Crippen LogP) is 4.03. The van der Waals surface area contributed by atoms with Gasteiger partial charge in [-0.05, 0) is 23.3 Å². The lowest BCUT2D eigenvalue weighted by Crippen LogP contribution is -2.17. The van der Waals surface area contributed by atoms with Gasteiger partial charge in [0.2, 0.25) is 5.91 Å². The van der Waals surface area contributed by atoms with E-state index in [0.29, 0.717) is 22.1 Å². The van der Waals surface area contributed by atoms with Crippen LogP contribution in [0.15, 0.2) is 54.0 Å². The monoisotopic (exact) mass is 367 g/mol. The van der Waals surface area contributed by atoms with Crippen molar-refractivity contribution in [1.29, 1.82) is 0 Å². The molecular weight excluding hydrogens is 350 g/mol. The second kappa shape index (κ2) is 7.79. The molecule has 0 spiro atoms. The van der Waals surface area contributed by atoms with Gasteiger partial charge in [0, 0.05) is 18.5 Å². The molecular formula is C19H17N3O3S. The van der Waals surface area contributed by atoms with Gasteiger partial charge in [-0.15, -0.1) is 11.3 Å². The number of anilines is 2. The first-order valence-corrected chi connectivity index (χ1v) is 8.72. The Morgan fingerprint density at radius 1 is 1.04 bits per heavy atom. The first kappa shape index (κ1) is 17.6. The molecule has 0 radical (unpaired) electrons. The van der Waals surface area contributed by atoms with Gasteiger partial charge in [0.25, 0.3) is 5.91 Å². The number of fused-ring (bicyclic) bond motifs is 1. The van der Waals surface area contributed by atoms with Crippen LogP contribution in [0.4, 0.5) is 10.8 Å². The zero-order chi connectivity index (χ0) is 18.5. The number of amides is 2. The number of ether oxygens (including phenoxy) is 1. The number of nitrogens with one attached hydrogen (secondary N) is 2. The minimum atomic E-state index is -0.359. The van der Waals surface area contributed by atoms with E-state index in [1.54, 1.807) is 29.8 Å². The zero-order valence-electron chi connectivity index (χ0n) is 14.3. The van der Waals surface area contributed by atoms with Gasteiger partial charge in [-0.2, -0.15) is 0 Å². The minimum Gasteiger partial charge on any atom is -0.495 e. The SMILES string of the molecule is COc1cccc(C(=O)Nc2nccs2)c1NC(C)=O.c1cc2ccc1-2. The van der Waals surface area contributed by atoms with Crippen LogP contribution in [0.3, 0.4) is 0 Å². The maximum atomic E-state index is 12.2. The molecule has 1 aromatic carbocycles. The van der Waals surface area contributed by atoms with Crippen molar-refractivity contribution in [2.75, 3.05) is 17.7 Å². The standard InChI is InChI=1S/C13H13N3O3S.C6H4/c1-8(17)15-11-9(4-3-5-10(11)19-2)12(18)16-13-14-6-7-20-13;1-2-6-4-3-5(1)6/h3-7H,1-2H3,(H,15,17)(H,14,16,18);1-4H. The van der Waals surface area contributed by atoms with E-state index < -0.39 is 0 Å². The Labute approximate surface area is 154 Å². The molecule has 0 saturated carbocycles. The summed E-state index contributed by atoms with van der Waals surface area (Å²) in [7, 11) is 1.48. The molecule has 26 heavy (non-hydrogen) atoms. The Kier molecular flexibility index (Phi) is 5.28. The molecule has 2 amide bonds. The van der Waals surface area contributed by atoms with Gasteiger partial charge in [-0.25, -0.2) is 4.98 Å². The van der Waals surface area contributed by atoms with Crippen LogP contribution in [0.5, 0.6) is 5.75 Å². The molecule has 1 aromatic heterocycles. The smallest absolute Gasteiger partial charge is 0.259 e.